The third kappa shape index (κ3) is 5.55. The van der Waals surface area contributed by atoms with Gasteiger partial charge in [0.05, 0.1) is 17.0 Å². The second kappa shape index (κ2) is 7.87. The maximum Gasteiger partial charge on any atom is 0.293 e. The molecule has 0 saturated heterocycles. The summed E-state index contributed by atoms with van der Waals surface area (Å²) in [5.74, 6) is 0. The van der Waals surface area contributed by atoms with Crippen LogP contribution in [-0.4, -0.2) is 24.3 Å². The zero-order valence-electron chi connectivity index (χ0n) is 6.60. The summed E-state index contributed by atoms with van der Waals surface area (Å²) in [5, 5.41) is 0. The molecule has 0 amide bonds. The van der Waals surface area contributed by atoms with Gasteiger partial charge in [-0.2, -0.15) is 0 Å². The highest BCUT2D eigenvalue weighted by molar-refractivity contribution is 7.11. The quantitative estimate of drug-likeness (QED) is 0.666. The molecule has 0 bridgehead atoms. The minimum Gasteiger partial charge on any atom is -0.468 e. The summed E-state index contributed by atoms with van der Waals surface area (Å²) in [5.41, 5.74) is 1.63. The van der Waals surface area contributed by atoms with Crippen LogP contribution in [0.4, 0.5) is 0 Å². The van der Waals surface area contributed by atoms with E-state index in [0.717, 1.165) is 6.29 Å². The van der Waals surface area contributed by atoms with Crippen molar-refractivity contribution in [2.75, 3.05) is 6.61 Å². The van der Waals surface area contributed by atoms with E-state index in [4.69, 9.17) is 0 Å². The van der Waals surface area contributed by atoms with Crippen LogP contribution in [0.1, 0.15) is 16.6 Å². The van der Waals surface area contributed by atoms with Crippen molar-refractivity contribution in [3.05, 3.63) is 16.6 Å². The Bertz CT molecular complexity index is 210. The average Bonchev–Trinajstić information content (AvgIpc) is 2.58. The molecule has 1 rings (SSSR count). The molecular formula is C7H9NO3S. The molecule has 0 radical (unpaired) electrons. The number of carbonyl (C=O) groups excluding carboxylic acids is 2. The highest BCUT2D eigenvalue weighted by atomic mass is 32.1. The molecule has 0 atom stereocenters. The van der Waals surface area contributed by atoms with Gasteiger partial charge in [0.2, 0.25) is 0 Å². The molecule has 5 heteroatoms. The first-order chi connectivity index (χ1) is 5.85. The van der Waals surface area contributed by atoms with Gasteiger partial charge in [-0.05, 0) is 6.92 Å². The molecule has 0 fully saturated rings. The summed E-state index contributed by atoms with van der Waals surface area (Å²) in [4.78, 5) is 23.4. The van der Waals surface area contributed by atoms with Crippen LogP contribution < -0.4 is 0 Å². The SMILES string of the molecule is CCOC=O.O=Cc1cncs1. The predicted octanol–water partition coefficient (Wildman–Crippen LogP) is 1.13. The van der Waals surface area contributed by atoms with Crippen molar-refractivity contribution in [3.8, 4) is 0 Å². The summed E-state index contributed by atoms with van der Waals surface area (Å²) in [6.45, 7) is 2.66. The van der Waals surface area contributed by atoms with Crippen LogP contribution in [0, 0.1) is 0 Å². The molecule has 66 valence electrons. The molecule has 0 unspecified atom stereocenters. The summed E-state index contributed by atoms with van der Waals surface area (Å²) < 4.78 is 4.15. The zero-order chi connectivity index (χ0) is 9.23. The number of nitrogens with zero attached hydrogens (tertiary/aromatic N) is 1. The molecule has 0 N–H and O–H groups in total. The van der Waals surface area contributed by atoms with Gasteiger partial charge >= 0.3 is 0 Å². The van der Waals surface area contributed by atoms with E-state index in [1.54, 1.807) is 12.4 Å². The molecule has 0 aliphatic rings. The summed E-state index contributed by atoms with van der Waals surface area (Å²) in [7, 11) is 0. The normalized spacial score (nSPS) is 7.75. The second-order valence-corrected chi connectivity index (χ2v) is 2.49. The van der Waals surface area contributed by atoms with Crippen LogP contribution in [0.25, 0.3) is 0 Å². The Balaban J connectivity index is 0.000000217. The third-order valence-corrected chi connectivity index (χ3v) is 1.50. The van der Waals surface area contributed by atoms with Crippen molar-refractivity contribution in [1.29, 1.82) is 0 Å². The van der Waals surface area contributed by atoms with Crippen LogP contribution in [0.3, 0.4) is 0 Å². The number of hydrogen-bond donors (Lipinski definition) is 0. The van der Waals surface area contributed by atoms with Crippen molar-refractivity contribution in [2.24, 2.45) is 0 Å². The number of ether oxygens (including phenoxy) is 1. The molecule has 0 aromatic carbocycles. The lowest BCUT2D eigenvalue weighted by Gasteiger charge is -1.79. The van der Waals surface area contributed by atoms with Crippen molar-refractivity contribution in [1.82, 2.24) is 4.98 Å². The van der Waals surface area contributed by atoms with E-state index in [1.807, 2.05) is 0 Å². The van der Waals surface area contributed by atoms with Gasteiger partial charge in [0.1, 0.15) is 0 Å². The molecule has 0 saturated carbocycles. The number of aldehydes is 1. The first-order valence-electron chi connectivity index (χ1n) is 3.24. The van der Waals surface area contributed by atoms with Gasteiger partial charge in [-0.3, -0.25) is 14.6 Å². The van der Waals surface area contributed by atoms with Crippen molar-refractivity contribution >= 4 is 24.1 Å². The van der Waals surface area contributed by atoms with E-state index in [0.29, 0.717) is 18.0 Å². The van der Waals surface area contributed by atoms with Gasteiger partial charge in [-0.15, -0.1) is 11.3 Å². The largest absolute Gasteiger partial charge is 0.468 e. The standard InChI is InChI=1S/C4H3NOS.C3H6O2/c6-2-4-1-5-3-7-4;1-2-5-3-4/h1-3H;3H,2H2,1H3. The smallest absolute Gasteiger partial charge is 0.293 e. The predicted molar refractivity (Wildman–Crippen MR) is 45.2 cm³/mol. The zero-order valence-corrected chi connectivity index (χ0v) is 7.41. The van der Waals surface area contributed by atoms with Crippen molar-refractivity contribution in [2.45, 2.75) is 6.92 Å². The maximum absolute atomic E-state index is 9.84. The van der Waals surface area contributed by atoms with Gasteiger partial charge in [0, 0.05) is 6.20 Å². The van der Waals surface area contributed by atoms with E-state index < -0.39 is 0 Å². The molecule has 0 aliphatic heterocycles. The Kier molecular flexibility index (Phi) is 7.07. The molecule has 0 aliphatic carbocycles. The van der Waals surface area contributed by atoms with Gasteiger partial charge in [-0.1, -0.05) is 0 Å². The molecular weight excluding hydrogens is 178 g/mol. The lowest BCUT2D eigenvalue weighted by Crippen LogP contribution is -1.80. The van der Waals surface area contributed by atoms with Crippen LogP contribution in [0.2, 0.25) is 0 Å². The fourth-order valence-corrected chi connectivity index (χ4v) is 0.773. The lowest BCUT2D eigenvalue weighted by atomic mass is 10.6. The fourth-order valence-electron chi connectivity index (χ4n) is 0.352. The van der Waals surface area contributed by atoms with Crippen molar-refractivity contribution in [3.63, 3.8) is 0 Å². The fraction of sp³-hybridized carbons (Fsp3) is 0.286. The first-order valence-corrected chi connectivity index (χ1v) is 4.12. The summed E-state index contributed by atoms with van der Waals surface area (Å²) >= 11 is 1.34. The molecule has 12 heavy (non-hydrogen) atoms. The lowest BCUT2D eigenvalue weighted by molar-refractivity contribution is -0.128. The number of hydrogen-bond acceptors (Lipinski definition) is 5. The number of aromatic nitrogens is 1. The van der Waals surface area contributed by atoms with Gasteiger partial charge < -0.3 is 4.74 Å². The van der Waals surface area contributed by atoms with E-state index >= 15 is 0 Å². The molecule has 4 nitrogen and oxygen atoms in total. The second-order valence-electron chi connectivity index (χ2n) is 1.57. The Morgan fingerprint density at radius 3 is 2.58 bits per heavy atom. The topological polar surface area (TPSA) is 56.3 Å². The molecule has 1 heterocycles. The molecule has 1 aromatic heterocycles. The Labute approximate surface area is 74.2 Å². The highest BCUT2D eigenvalue weighted by Crippen LogP contribution is 1.99. The van der Waals surface area contributed by atoms with E-state index in [9.17, 15) is 9.59 Å². The number of rotatable bonds is 3. The van der Waals surface area contributed by atoms with Crippen LogP contribution in [0.15, 0.2) is 11.7 Å². The summed E-state index contributed by atoms with van der Waals surface area (Å²) in [6.07, 6.45) is 2.33. The minimum atomic E-state index is 0.431. The maximum atomic E-state index is 9.84. The van der Waals surface area contributed by atoms with Gasteiger partial charge in [0.15, 0.2) is 6.29 Å². The Morgan fingerprint density at radius 2 is 2.42 bits per heavy atom. The van der Waals surface area contributed by atoms with Crippen LogP contribution >= 0.6 is 11.3 Å². The van der Waals surface area contributed by atoms with E-state index in [-0.39, 0.29) is 0 Å². The highest BCUT2D eigenvalue weighted by Gasteiger charge is 1.84. The van der Waals surface area contributed by atoms with Crippen molar-refractivity contribution < 1.29 is 14.3 Å². The summed E-state index contributed by atoms with van der Waals surface area (Å²) in [6, 6.07) is 0. The van der Waals surface area contributed by atoms with E-state index in [2.05, 4.69) is 9.72 Å². The van der Waals surface area contributed by atoms with Crippen LogP contribution in [0.5, 0.6) is 0 Å². The molecule has 1 aromatic rings. The number of thiazole rings is 1. The third-order valence-electron chi connectivity index (χ3n) is 0.802. The number of carbonyl (C=O) groups is 2. The van der Waals surface area contributed by atoms with Gasteiger partial charge in [-0.25, -0.2) is 0 Å². The van der Waals surface area contributed by atoms with Crippen LogP contribution in [-0.2, 0) is 9.53 Å². The van der Waals surface area contributed by atoms with E-state index in [1.165, 1.54) is 17.5 Å². The first kappa shape index (κ1) is 10.8. The Hall–Kier alpha value is -1.23. The van der Waals surface area contributed by atoms with Gasteiger partial charge in [0.25, 0.3) is 6.47 Å². The average molecular weight is 187 g/mol. The Morgan fingerprint density at radius 1 is 1.67 bits per heavy atom. The molecule has 0 spiro atoms. The minimum absolute atomic E-state index is 0.431. The monoisotopic (exact) mass is 187 g/mol.